The molecule has 1 aromatic rings. The first-order valence-corrected chi connectivity index (χ1v) is 9.79. The van der Waals surface area contributed by atoms with Gasteiger partial charge in [-0.3, -0.25) is 4.79 Å². The van der Waals surface area contributed by atoms with Crippen molar-refractivity contribution in [2.24, 2.45) is 5.92 Å². The van der Waals surface area contributed by atoms with Crippen LogP contribution in [-0.2, 0) is 25.5 Å². The number of amides is 1. The van der Waals surface area contributed by atoms with Gasteiger partial charge < -0.3 is 25.0 Å². The van der Waals surface area contributed by atoms with Crippen LogP contribution in [0.25, 0.3) is 0 Å². The van der Waals surface area contributed by atoms with Crippen molar-refractivity contribution in [3.63, 3.8) is 0 Å². The maximum absolute atomic E-state index is 12.9. The van der Waals surface area contributed by atoms with Crippen molar-refractivity contribution in [1.82, 2.24) is 10.2 Å². The van der Waals surface area contributed by atoms with Gasteiger partial charge >= 0.3 is 5.97 Å². The Morgan fingerprint density at radius 2 is 1.93 bits per heavy atom. The summed E-state index contributed by atoms with van der Waals surface area (Å²) in [5, 5.41) is 5.93. The van der Waals surface area contributed by atoms with Crippen molar-refractivity contribution in [2.45, 2.75) is 44.4 Å². The highest BCUT2D eigenvalue weighted by Gasteiger charge is 2.37. The summed E-state index contributed by atoms with van der Waals surface area (Å²) >= 11 is 0. The smallest absolute Gasteiger partial charge is 0.328 e. The fraction of sp³-hybridized carbons (Fsp3) is 0.619. The number of carbonyl (C=O) groups excluding carboxylic acids is 2. The minimum Gasteiger partial charge on any atom is -0.467 e. The summed E-state index contributed by atoms with van der Waals surface area (Å²) in [6.07, 6.45) is 2.25. The molecule has 2 N–H and O–H groups in total. The van der Waals surface area contributed by atoms with Crippen molar-refractivity contribution in [2.75, 3.05) is 40.2 Å². The van der Waals surface area contributed by atoms with Crippen LogP contribution in [0.15, 0.2) is 24.3 Å². The number of hydrogen-bond donors (Lipinski definition) is 2. The molecule has 156 valence electrons. The average Bonchev–Trinajstić information content (AvgIpc) is 3.13. The molecule has 0 bridgehead atoms. The van der Waals surface area contributed by atoms with Crippen molar-refractivity contribution in [3.05, 3.63) is 29.8 Å². The van der Waals surface area contributed by atoms with Crippen LogP contribution in [0.1, 0.15) is 25.3 Å². The lowest BCUT2D eigenvalue weighted by Gasteiger charge is -2.32. The third kappa shape index (κ3) is 5.45. The number of likely N-dealkylation sites (tertiary alicyclic amines) is 1. The summed E-state index contributed by atoms with van der Waals surface area (Å²) < 4.78 is 10.6. The Morgan fingerprint density at radius 1 is 1.25 bits per heavy atom. The molecule has 1 amide bonds. The fourth-order valence-electron chi connectivity index (χ4n) is 3.88. The number of hydrogen-bond acceptors (Lipinski definition) is 6. The number of anilines is 1. The second-order valence-corrected chi connectivity index (χ2v) is 7.41. The highest BCUT2D eigenvalue weighted by atomic mass is 16.5. The lowest BCUT2D eigenvalue weighted by molar-refractivity contribution is -0.146. The first kappa shape index (κ1) is 22.2. The van der Waals surface area contributed by atoms with E-state index in [1.807, 2.05) is 38.2 Å². The number of methoxy groups -OCH3 is 2. The van der Waals surface area contributed by atoms with E-state index in [1.54, 1.807) is 7.11 Å². The van der Waals surface area contributed by atoms with E-state index in [4.69, 9.17) is 9.47 Å². The molecule has 1 aliphatic rings. The number of benzene rings is 1. The van der Waals surface area contributed by atoms with E-state index in [0.29, 0.717) is 6.42 Å². The molecule has 28 heavy (non-hydrogen) atoms. The fourth-order valence-corrected chi connectivity index (χ4v) is 3.88. The Morgan fingerprint density at radius 3 is 2.43 bits per heavy atom. The lowest BCUT2D eigenvalue weighted by atomic mass is 9.94. The van der Waals surface area contributed by atoms with Crippen molar-refractivity contribution in [3.8, 4) is 0 Å². The van der Waals surface area contributed by atoms with E-state index in [0.717, 1.165) is 30.6 Å². The van der Waals surface area contributed by atoms with Crippen LogP contribution >= 0.6 is 0 Å². The topological polar surface area (TPSA) is 79.9 Å². The number of ether oxygens (including phenoxy) is 2. The predicted molar refractivity (Wildman–Crippen MR) is 109 cm³/mol. The SMILES string of the molecule is CNc1ccc(CC(NC(=O)C(C)C(OC)C2CCCN2C)C(=O)OC)cc1. The van der Waals surface area contributed by atoms with E-state index in [2.05, 4.69) is 22.6 Å². The molecule has 0 aliphatic carbocycles. The third-order valence-electron chi connectivity index (χ3n) is 5.62. The zero-order valence-corrected chi connectivity index (χ0v) is 17.5. The molecule has 1 fully saturated rings. The number of nitrogens with zero attached hydrogens (tertiary/aromatic N) is 1. The standard InChI is InChI=1S/C21H33N3O4/c1-14(19(27-4)18-7-6-12-24(18)3)20(25)23-17(21(26)28-5)13-15-8-10-16(22-2)11-9-15/h8-11,14,17-19,22H,6-7,12-13H2,1-5H3,(H,23,25). The minimum absolute atomic E-state index is 0.200. The van der Waals surface area contributed by atoms with Crippen LogP contribution in [0, 0.1) is 5.92 Å². The van der Waals surface area contributed by atoms with E-state index < -0.39 is 12.0 Å². The monoisotopic (exact) mass is 391 g/mol. The molecule has 7 nitrogen and oxygen atoms in total. The molecule has 1 saturated heterocycles. The molecular weight excluding hydrogens is 358 g/mol. The molecule has 0 saturated carbocycles. The van der Waals surface area contributed by atoms with Gasteiger partial charge in [0.15, 0.2) is 0 Å². The maximum atomic E-state index is 12.9. The van der Waals surface area contributed by atoms with Crippen LogP contribution in [0.3, 0.4) is 0 Å². The molecule has 0 radical (unpaired) electrons. The summed E-state index contributed by atoms with van der Waals surface area (Å²) in [5.41, 5.74) is 1.93. The van der Waals surface area contributed by atoms with Crippen LogP contribution < -0.4 is 10.6 Å². The first-order chi connectivity index (χ1) is 13.4. The molecule has 4 unspecified atom stereocenters. The molecule has 2 rings (SSSR count). The normalized spacial score (nSPS) is 20.2. The summed E-state index contributed by atoms with van der Waals surface area (Å²) in [6, 6.07) is 7.21. The molecule has 4 atom stereocenters. The van der Waals surface area contributed by atoms with Gasteiger partial charge in [-0.25, -0.2) is 4.79 Å². The van der Waals surface area contributed by atoms with Gasteiger partial charge in [-0.2, -0.15) is 0 Å². The summed E-state index contributed by atoms with van der Waals surface area (Å²) in [5.74, 6) is -1.03. The van der Waals surface area contributed by atoms with Gasteiger partial charge in [-0.15, -0.1) is 0 Å². The number of carbonyl (C=O) groups is 2. The molecule has 7 heteroatoms. The Labute approximate surface area is 167 Å². The Balaban J connectivity index is 2.07. The highest BCUT2D eigenvalue weighted by Crippen LogP contribution is 2.25. The third-order valence-corrected chi connectivity index (χ3v) is 5.62. The second-order valence-electron chi connectivity index (χ2n) is 7.41. The summed E-state index contributed by atoms with van der Waals surface area (Å²) in [6.45, 7) is 2.86. The van der Waals surface area contributed by atoms with Crippen LogP contribution in [0.5, 0.6) is 0 Å². The largest absolute Gasteiger partial charge is 0.467 e. The molecular formula is C21H33N3O4. The highest BCUT2D eigenvalue weighted by molar-refractivity contribution is 5.86. The molecule has 0 spiro atoms. The number of rotatable bonds is 9. The van der Waals surface area contributed by atoms with Gasteiger partial charge in [-0.05, 0) is 44.1 Å². The van der Waals surface area contributed by atoms with Gasteiger partial charge in [0.2, 0.25) is 5.91 Å². The van der Waals surface area contributed by atoms with Crippen LogP contribution in [0.2, 0.25) is 0 Å². The zero-order valence-electron chi connectivity index (χ0n) is 17.5. The van der Waals surface area contributed by atoms with E-state index in [-0.39, 0.29) is 24.0 Å². The molecule has 1 aromatic carbocycles. The quantitative estimate of drug-likeness (QED) is 0.624. The Hall–Kier alpha value is -2.12. The van der Waals surface area contributed by atoms with Crippen molar-refractivity contribution >= 4 is 17.6 Å². The first-order valence-electron chi connectivity index (χ1n) is 9.79. The zero-order chi connectivity index (χ0) is 20.7. The molecule has 1 heterocycles. The van der Waals surface area contributed by atoms with E-state index in [9.17, 15) is 9.59 Å². The van der Waals surface area contributed by atoms with Gasteiger partial charge in [0.05, 0.1) is 19.1 Å². The summed E-state index contributed by atoms with van der Waals surface area (Å²) in [4.78, 5) is 27.4. The molecule has 0 aromatic heterocycles. The summed E-state index contributed by atoms with van der Waals surface area (Å²) in [7, 11) is 6.88. The number of esters is 1. The average molecular weight is 392 g/mol. The lowest BCUT2D eigenvalue weighted by Crippen LogP contribution is -2.51. The van der Waals surface area contributed by atoms with E-state index >= 15 is 0 Å². The van der Waals surface area contributed by atoms with Crippen LogP contribution in [0.4, 0.5) is 5.69 Å². The Kier molecular flexibility index (Phi) is 8.26. The van der Waals surface area contributed by atoms with Gasteiger partial charge in [-0.1, -0.05) is 19.1 Å². The van der Waals surface area contributed by atoms with Crippen molar-refractivity contribution < 1.29 is 19.1 Å². The molecule has 1 aliphatic heterocycles. The van der Waals surface area contributed by atoms with Gasteiger partial charge in [0.25, 0.3) is 0 Å². The number of likely N-dealkylation sites (N-methyl/N-ethyl adjacent to an activating group) is 1. The Bertz CT molecular complexity index is 650. The van der Waals surface area contributed by atoms with Gasteiger partial charge in [0.1, 0.15) is 6.04 Å². The number of nitrogens with one attached hydrogen (secondary N) is 2. The predicted octanol–water partition coefficient (Wildman–Crippen LogP) is 1.67. The van der Waals surface area contributed by atoms with E-state index in [1.165, 1.54) is 7.11 Å². The van der Waals surface area contributed by atoms with Gasteiger partial charge in [0, 0.05) is 32.3 Å². The van der Waals surface area contributed by atoms with Crippen LogP contribution in [-0.4, -0.2) is 69.8 Å². The minimum atomic E-state index is -0.737. The maximum Gasteiger partial charge on any atom is 0.328 e. The second kappa shape index (κ2) is 10.4. The van der Waals surface area contributed by atoms with Crippen molar-refractivity contribution in [1.29, 1.82) is 0 Å².